The van der Waals surface area contributed by atoms with Crippen molar-refractivity contribution in [3.05, 3.63) is 35.4 Å². The van der Waals surface area contributed by atoms with Crippen molar-refractivity contribution in [2.24, 2.45) is 5.73 Å². The third-order valence-corrected chi connectivity index (χ3v) is 2.40. The van der Waals surface area contributed by atoms with Crippen LogP contribution in [0.15, 0.2) is 24.3 Å². The SMILES string of the molecule is CN1Cc2ccccc2C(N)C1.Cl.Cl. The topological polar surface area (TPSA) is 29.3 Å². The van der Waals surface area contributed by atoms with Crippen molar-refractivity contribution >= 4 is 24.8 Å². The highest BCUT2D eigenvalue weighted by molar-refractivity contribution is 5.85. The van der Waals surface area contributed by atoms with Crippen LogP contribution in [-0.4, -0.2) is 18.5 Å². The summed E-state index contributed by atoms with van der Waals surface area (Å²) in [4.78, 5) is 2.26. The predicted molar refractivity (Wildman–Crippen MR) is 64.2 cm³/mol. The Morgan fingerprint density at radius 3 is 2.64 bits per heavy atom. The third kappa shape index (κ3) is 2.61. The molecule has 2 N–H and O–H groups in total. The third-order valence-electron chi connectivity index (χ3n) is 2.40. The Morgan fingerprint density at radius 2 is 1.93 bits per heavy atom. The second kappa shape index (κ2) is 5.56. The van der Waals surface area contributed by atoms with E-state index in [1.165, 1.54) is 11.1 Å². The van der Waals surface area contributed by atoms with Gasteiger partial charge in [0, 0.05) is 19.1 Å². The van der Waals surface area contributed by atoms with Crippen LogP contribution in [0, 0.1) is 0 Å². The molecule has 1 aliphatic heterocycles. The Balaban J connectivity index is 0.000000845. The second-order valence-electron chi connectivity index (χ2n) is 3.50. The fourth-order valence-electron chi connectivity index (χ4n) is 1.83. The minimum absolute atomic E-state index is 0. The first-order valence-electron chi connectivity index (χ1n) is 4.29. The zero-order valence-corrected chi connectivity index (χ0v) is 9.78. The highest BCUT2D eigenvalue weighted by Gasteiger charge is 2.18. The number of benzene rings is 1. The summed E-state index contributed by atoms with van der Waals surface area (Å²) >= 11 is 0. The average molecular weight is 235 g/mol. The van der Waals surface area contributed by atoms with Crippen molar-refractivity contribution in [1.82, 2.24) is 4.90 Å². The summed E-state index contributed by atoms with van der Waals surface area (Å²) < 4.78 is 0. The molecule has 1 aliphatic rings. The molecule has 1 atom stereocenters. The maximum atomic E-state index is 6.00. The smallest absolute Gasteiger partial charge is 0.0427 e. The fourth-order valence-corrected chi connectivity index (χ4v) is 1.83. The van der Waals surface area contributed by atoms with Gasteiger partial charge < -0.3 is 10.6 Å². The number of rotatable bonds is 0. The van der Waals surface area contributed by atoms with Crippen molar-refractivity contribution in [3.63, 3.8) is 0 Å². The quantitative estimate of drug-likeness (QED) is 0.745. The predicted octanol–water partition coefficient (Wildman–Crippen LogP) is 1.98. The van der Waals surface area contributed by atoms with Crippen LogP contribution in [0.25, 0.3) is 0 Å². The Hall–Kier alpha value is -0.280. The van der Waals surface area contributed by atoms with Gasteiger partial charge in [-0.2, -0.15) is 0 Å². The fraction of sp³-hybridized carbons (Fsp3) is 0.400. The summed E-state index contributed by atoms with van der Waals surface area (Å²) in [6.07, 6.45) is 0. The van der Waals surface area contributed by atoms with E-state index in [2.05, 4.69) is 36.2 Å². The molecule has 0 saturated heterocycles. The summed E-state index contributed by atoms with van der Waals surface area (Å²) in [5.41, 5.74) is 8.68. The van der Waals surface area contributed by atoms with Gasteiger partial charge in [0.15, 0.2) is 0 Å². The Labute approximate surface area is 97.3 Å². The normalized spacial score (nSPS) is 20.3. The van der Waals surface area contributed by atoms with Gasteiger partial charge in [0.1, 0.15) is 0 Å². The maximum Gasteiger partial charge on any atom is 0.0427 e. The molecule has 2 nitrogen and oxygen atoms in total. The zero-order valence-electron chi connectivity index (χ0n) is 8.14. The van der Waals surface area contributed by atoms with Crippen LogP contribution >= 0.6 is 24.8 Å². The molecule has 1 unspecified atom stereocenters. The van der Waals surface area contributed by atoms with Gasteiger partial charge in [0.05, 0.1) is 0 Å². The monoisotopic (exact) mass is 234 g/mol. The first-order valence-corrected chi connectivity index (χ1v) is 4.29. The number of likely N-dealkylation sites (N-methyl/N-ethyl adjacent to an activating group) is 1. The first kappa shape index (κ1) is 13.7. The molecule has 2 rings (SSSR count). The van der Waals surface area contributed by atoms with Crippen LogP contribution in [0.2, 0.25) is 0 Å². The van der Waals surface area contributed by atoms with Crippen molar-refractivity contribution < 1.29 is 0 Å². The van der Waals surface area contributed by atoms with Gasteiger partial charge in [0.25, 0.3) is 0 Å². The van der Waals surface area contributed by atoms with Crippen molar-refractivity contribution in [2.45, 2.75) is 12.6 Å². The molecule has 0 spiro atoms. The van der Waals surface area contributed by atoms with Crippen LogP contribution in [0.4, 0.5) is 0 Å². The largest absolute Gasteiger partial charge is 0.323 e. The van der Waals surface area contributed by atoms with Gasteiger partial charge >= 0.3 is 0 Å². The molecule has 0 fully saturated rings. The van der Waals surface area contributed by atoms with Gasteiger partial charge in [-0.05, 0) is 18.2 Å². The van der Waals surface area contributed by atoms with Crippen molar-refractivity contribution in [3.8, 4) is 0 Å². The summed E-state index contributed by atoms with van der Waals surface area (Å²) in [5, 5.41) is 0. The lowest BCUT2D eigenvalue weighted by Crippen LogP contribution is -2.34. The minimum Gasteiger partial charge on any atom is -0.323 e. The maximum absolute atomic E-state index is 6.00. The molecule has 0 radical (unpaired) electrons. The van der Waals surface area contributed by atoms with Crippen LogP contribution in [0.5, 0.6) is 0 Å². The van der Waals surface area contributed by atoms with Gasteiger partial charge in [0.2, 0.25) is 0 Å². The number of fused-ring (bicyclic) bond motifs is 1. The van der Waals surface area contributed by atoms with E-state index in [0.717, 1.165) is 13.1 Å². The lowest BCUT2D eigenvalue weighted by atomic mass is 9.97. The lowest BCUT2D eigenvalue weighted by molar-refractivity contribution is 0.283. The van der Waals surface area contributed by atoms with E-state index in [1.807, 2.05) is 0 Å². The highest BCUT2D eigenvalue weighted by Crippen LogP contribution is 2.22. The molecule has 0 saturated carbocycles. The van der Waals surface area contributed by atoms with Crippen molar-refractivity contribution in [1.29, 1.82) is 0 Å². The van der Waals surface area contributed by atoms with Gasteiger partial charge in [-0.15, -0.1) is 24.8 Å². The Morgan fingerprint density at radius 1 is 1.29 bits per heavy atom. The van der Waals surface area contributed by atoms with Crippen LogP contribution in [0.1, 0.15) is 17.2 Å². The van der Waals surface area contributed by atoms with Gasteiger partial charge in [-0.25, -0.2) is 0 Å². The molecule has 80 valence electrons. The summed E-state index contributed by atoms with van der Waals surface area (Å²) in [6, 6.07) is 8.62. The standard InChI is InChI=1S/C10H14N2.2ClH/c1-12-6-8-4-2-3-5-9(8)10(11)7-12;;/h2-5,10H,6-7,11H2,1H3;2*1H. The minimum atomic E-state index is 0. The number of hydrogen-bond acceptors (Lipinski definition) is 2. The summed E-state index contributed by atoms with van der Waals surface area (Å²) in [5.74, 6) is 0. The second-order valence-corrected chi connectivity index (χ2v) is 3.50. The summed E-state index contributed by atoms with van der Waals surface area (Å²) in [6.45, 7) is 2.00. The Kier molecular flexibility index (Phi) is 5.45. The summed E-state index contributed by atoms with van der Waals surface area (Å²) in [7, 11) is 2.11. The molecule has 0 aromatic heterocycles. The zero-order chi connectivity index (χ0) is 8.55. The molecule has 0 bridgehead atoms. The molecule has 1 aromatic carbocycles. The first-order chi connectivity index (χ1) is 5.77. The molecule has 14 heavy (non-hydrogen) atoms. The molecule has 0 amide bonds. The van der Waals surface area contributed by atoms with E-state index in [1.54, 1.807) is 0 Å². The molecule has 1 heterocycles. The molecule has 0 aliphatic carbocycles. The van der Waals surface area contributed by atoms with Crippen LogP contribution < -0.4 is 5.73 Å². The van der Waals surface area contributed by atoms with E-state index >= 15 is 0 Å². The number of halogens is 2. The van der Waals surface area contributed by atoms with Crippen LogP contribution in [-0.2, 0) is 6.54 Å². The average Bonchev–Trinajstić information content (AvgIpc) is 2.04. The van der Waals surface area contributed by atoms with E-state index in [9.17, 15) is 0 Å². The van der Waals surface area contributed by atoms with Crippen molar-refractivity contribution in [2.75, 3.05) is 13.6 Å². The molecule has 1 aromatic rings. The van der Waals surface area contributed by atoms with Gasteiger partial charge in [-0.3, -0.25) is 0 Å². The van der Waals surface area contributed by atoms with E-state index in [4.69, 9.17) is 5.73 Å². The molecular formula is C10H16Cl2N2. The van der Waals surface area contributed by atoms with E-state index in [0.29, 0.717) is 0 Å². The lowest BCUT2D eigenvalue weighted by Gasteiger charge is -2.29. The highest BCUT2D eigenvalue weighted by atomic mass is 35.5. The molecular weight excluding hydrogens is 219 g/mol. The van der Waals surface area contributed by atoms with Crippen LogP contribution in [0.3, 0.4) is 0 Å². The van der Waals surface area contributed by atoms with E-state index < -0.39 is 0 Å². The number of nitrogens with two attached hydrogens (primary N) is 1. The van der Waals surface area contributed by atoms with Gasteiger partial charge in [-0.1, -0.05) is 24.3 Å². The number of nitrogens with zero attached hydrogens (tertiary/aromatic N) is 1. The Bertz CT molecular complexity index is 291. The van der Waals surface area contributed by atoms with E-state index in [-0.39, 0.29) is 30.9 Å². The number of hydrogen-bond donors (Lipinski definition) is 1. The molecule has 4 heteroatoms.